The molecule has 1 heterocycles. The van der Waals surface area contributed by atoms with Gasteiger partial charge in [0, 0.05) is 17.9 Å². The number of alkyl halides is 6. The minimum atomic E-state index is -4.54. The Hall–Kier alpha value is -2.30. The molecule has 0 aliphatic carbocycles. The summed E-state index contributed by atoms with van der Waals surface area (Å²) >= 11 is -0.248. The fourth-order valence-electron chi connectivity index (χ4n) is 1.86. The second-order valence-electron chi connectivity index (χ2n) is 4.95. The van der Waals surface area contributed by atoms with E-state index in [1.165, 1.54) is 31.4 Å². The smallest absolute Gasteiger partial charge is 0.441 e. The largest absolute Gasteiger partial charge is 0.496 e. The average Bonchev–Trinajstić information content (AvgIpc) is 2.57. The maximum Gasteiger partial charge on any atom is 0.441 e. The first-order valence-electron chi connectivity index (χ1n) is 7.31. The number of aromatic nitrogens is 1. The Morgan fingerprint density at radius 3 is 2.30 bits per heavy atom. The summed E-state index contributed by atoms with van der Waals surface area (Å²) < 4.78 is 90.0. The van der Waals surface area contributed by atoms with Crippen molar-refractivity contribution in [3.8, 4) is 23.3 Å². The van der Waals surface area contributed by atoms with Crippen molar-refractivity contribution in [1.29, 1.82) is 0 Å². The number of hydrogen-bond donors (Lipinski definition) is 0. The van der Waals surface area contributed by atoms with Gasteiger partial charge in [-0.3, -0.25) is 0 Å². The molecule has 0 amide bonds. The van der Waals surface area contributed by atoms with E-state index in [1.54, 1.807) is 0 Å². The van der Waals surface area contributed by atoms with Crippen LogP contribution in [0.1, 0.15) is 5.56 Å². The molecular weight excluding hydrogens is 400 g/mol. The van der Waals surface area contributed by atoms with E-state index in [4.69, 9.17) is 14.2 Å². The Morgan fingerprint density at radius 2 is 1.67 bits per heavy atom. The number of halogens is 6. The van der Waals surface area contributed by atoms with E-state index in [0.717, 1.165) is 12.1 Å². The van der Waals surface area contributed by atoms with Crippen molar-refractivity contribution in [1.82, 2.24) is 4.98 Å². The summed E-state index contributed by atoms with van der Waals surface area (Å²) in [5.41, 5.74) is -5.27. The van der Waals surface area contributed by atoms with Gasteiger partial charge in [0.25, 0.3) is 0 Å². The molecule has 0 aliphatic heterocycles. The molecule has 0 bridgehead atoms. The summed E-state index contributed by atoms with van der Waals surface area (Å²) in [6.07, 6.45) is -4.54. The molecule has 1 aromatic carbocycles. The van der Waals surface area contributed by atoms with Crippen LogP contribution in [0.15, 0.2) is 36.4 Å². The molecule has 1 aromatic heterocycles. The summed E-state index contributed by atoms with van der Waals surface area (Å²) in [4.78, 5) is 3.91. The molecule has 0 saturated heterocycles. The molecule has 11 heteroatoms. The van der Waals surface area contributed by atoms with Gasteiger partial charge in [-0.1, -0.05) is 6.07 Å². The molecule has 2 rings (SSSR count). The van der Waals surface area contributed by atoms with E-state index in [9.17, 15) is 26.3 Å². The van der Waals surface area contributed by atoms with E-state index in [2.05, 4.69) is 4.98 Å². The van der Waals surface area contributed by atoms with Gasteiger partial charge in [0.15, 0.2) is 0 Å². The highest BCUT2D eigenvalue weighted by Gasteiger charge is 2.30. The van der Waals surface area contributed by atoms with E-state index in [0.29, 0.717) is 0 Å². The Balaban J connectivity index is 2.11. The van der Waals surface area contributed by atoms with Crippen LogP contribution in [0.25, 0.3) is 0 Å². The summed E-state index contributed by atoms with van der Waals surface area (Å²) in [6.45, 7) is -0.284. The van der Waals surface area contributed by atoms with Crippen LogP contribution in [0.2, 0.25) is 0 Å². The number of thioether (sulfide) groups is 1. The quantitative estimate of drug-likeness (QED) is 0.441. The molecule has 0 spiro atoms. The summed E-state index contributed by atoms with van der Waals surface area (Å²) in [7, 11) is 1.33. The maximum absolute atomic E-state index is 12.8. The monoisotopic (exact) mass is 413 g/mol. The SMILES string of the molecule is COc1cc(OCCSC(F)(F)F)nc(Oc2cccc(C(F)(F)F)c2)c1. The van der Waals surface area contributed by atoms with Gasteiger partial charge < -0.3 is 14.2 Å². The molecular formula is C16H13F6NO3S. The van der Waals surface area contributed by atoms with Gasteiger partial charge in [0.05, 0.1) is 19.3 Å². The topological polar surface area (TPSA) is 40.6 Å². The molecule has 0 unspecified atom stereocenters. The first-order chi connectivity index (χ1) is 12.6. The zero-order chi connectivity index (χ0) is 20.1. The molecule has 0 radical (unpaired) electrons. The normalized spacial score (nSPS) is 12.0. The van der Waals surface area contributed by atoms with Gasteiger partial charge >= 0.3 is 11.7 Å². The first-order valence-corrected chi connectivity index (χ1v) is 8.30. The molecule has 27 heavy (non-hydrogen) atoms. The molecule has 0 aliphatic rings. The molecule has 2 aromatic rings. The lowest BCUT2D eigenvalue weighted by molar-refractivity contribution is -0.137. The second kappa shape index (κ2) is 8.59. The van der Waals surface area contributed by atoms with Crippen molar-refractivity contribution in [2.24, 2.45) is 0 Å². The third-order valence-corrected chi connectivity index (χ3v) is 3.67. The number of ether oxygens (including phenoxy) is 3. The van der Waals surface area contributed by atoms with Crippen molar-refractivity contribution >= 4 is 11.8 Å². The minimum Gasteiger partial charge on any atom is -0.496 e. The van der Waals surface area contributed by atoms with Gasteiger partial charge in [-0.15, -0.1) is 0 Å². The predicted octanol–water partition coefficient (Wildman–Crippen LogP) is 5.53. The van der Waals surface area contributed by atoms with Gasteiger partial charge in [-0.05, 0) is 30.0 Å². The number of benzene rings is 1. The molecule has 148 valence electrons. The van der Waals surface area contributed by atoms with E-state index in [-0.39, 0.29) is 47.4 Å². The molecule has 0 N–H and O–H groups in total. The fraction of sp³-hybridized carbons (Fsp3) is 0.312. The zero-order valence-corrected chi connectivity index (χ0v) is 14.5. The van der Waals surface area contributed by atoms with Gasteiger partial charge in [0.1, 0.15) is 11.5 Å². The number of nitrogens with zero attached hydrogens (tertiary/aromatic N) is 1. The van der Waals surface area contributed by atoms with Crippen LogP contribution < -0.4 is 14.2 Å². The Labute approximate surface area is 154 Å². The molecule has 0 atom stereocenters. The average molecular weight is 413 g/mol. The van der Waals surface area contributed by atoms with Crippen molar-refractivity contribution in [3.63, 3.8) is 0 Å². The minimum absolute atomic E-state index is 0.0842. The van der Waals surface area contributed by atoms with Crippen molar-refractivity contribution in [3.05, 3.63) is 42.0 Å². The van der Waals surface area contributed by atoms with Crippen molar-refractivity contribution in [2.75, 3.05) is 19.5 Å². The van der Waals surface area contributed by atoms with Gasteiger partial charge in [0.2, 0.25) is 11.8 Å². The molecule has 0 saturated carbocycles. The lowest BCUT2D eigenvalue weighted by Gasteiger charge is -2.12. The standard InChI is InChI=1S/C16H13F6NO3S/c1-24-12-8-13(25-5-6-27-16(20,21)22)23-14(9-12)26-11-4-2-3-10(7-11)15(17,18)19/h2-4,7-9H,5-6H2,1H3. The van der Waals surface area contributed by atoms with Crippen LogP contribution in [-0.4, -0.2) is 30.0 Å². The highest BCUT2D eigenvalue weighted by molar-refractivity contribution is 8.00. The Bertz CT molecular complexity index is 767. The fourth-order valence-corrected chi connectivity index (χ4v) is 2.26. The van der Waals surface area contributed by atoms with Crippen LogP contribution >= 0.6 is 11.8 Å². The Morgan fingerprint density at radius 1 is 0.963 bits per heavy atom. The van der Waals surface area contributed by atoms with E-state index < -0.39 is 17.2 Å². The summed E-state index contributed by atoms with van der Waals surface area (Å²) in [5.74, 6) is -0.479. The summed E-state index contributed by atoms with van der Waals surface area (Å²) in [5, 5.41) is 0. The lowest BCUT2D eigenvalue weighted by Crippen LogP contribution is -2.08. The highest BCUT2D eigenvalue weighted by Crippen LogP contribution is 2.34. The molecule has 4 nitrogen and oxygen atoms in total. The van der Waals surface area contributed by atoms with Crippen LogP contribution in [0.3, 0.4) is 0 Å². The lowest BCUT2D eigenvalue weighted by atomic mass is 10.2. The van der Waals surface area contributed by atoms with Crippen molar-refractivity contribution in [2.45, 2.75) is 11.7 Å². The predicted molar refractivity (Wildman–Crippen MR) is 86.3 cm³/mol. The van der Waals surface area contributed by atoms with E-state index >= 15 is 0 Å². The molecule has 0 fully saturated rings. The van der Waals surface area contributed by atoms with Gasteiger partial charge in [-0.25, -0.2) is 0 Å². The van der Waals surface area contributed by atoms with Crippen LogP contribution in [0.4, 0.5) is 26.3 Å². The van der Waals surface area contributed by atoms with Crippen LogP contribution in [0, 0.1) is 0 Å². The second-order valence-corrected chi connectivity index (χ2v) is 6.11. The third-order valence-electron chi connectivity index (χ3n) is 2.97. The first kappa shape index (κ1) is 21.0. The van der Waals surface area contributed by atoms with Crippen molar-refractivity contribution < 1.29 is 40.6 Å². The van der Waals surface area contributed by atoms with E-state index in [1.807, 2.05) is 0 Å². The highest BCUT2D eigenvalue weighted by atomic mass is 32.2. The number of methoxy groups -OCH3 is 1. The Kier molecular flexibility index (Phi) is 6.68. The van der Waals surface area contributed by atoms with Gasteiger partial charge in [-0.2, -0.15) is 31.3 Å². The number of pyridine rings is 1. The van der Waals surface area contributed by atoms with Crippen LogP contribution in [0.5, 0.6) is 23.3 Å². The number of rotatable bonds is 7. The maximum atomic E-state index is 12.8. The third kappa shape index (κ3) is 7.08. The number of hydrogen-bond acceptors (Lipinski definition) is 5. The van der Waals surface area contributed by atoms with Crippen LogP contribution in [-0.2, 0) is 6.18 Å². The summed E-state index contributed by atoms with van der Waals surface area (Å²) in [6, 6.07) is 6.77. The zero-order valence-electron chi connectivity index (χ0n) is 13.7.